The molecule has 1 aromatic heterocycles. The summed E-state index contributed by atoms with van der Waals surface area (Å²) in [5.41, 5.74) is 3.57. The molecule has 1 fully saturated rings. The van der Waals surface area contributed by atoms with Crippen LogP contribution in [0.3, 0.4) is 0 Å². The number of nitrogens with one attached hydrogen (secondary N) is 1. The van der Waals surface area contributed by atoms with Crippen molar-refractivity contribution in [1.82, 2.24) is 10.3 Å². The van der Waals surface area contributed by atoms with Crippen LogP contribution in [-0.2, 0) is 11.2 Å². The highest BCUT2D eigenvalue weighted by atomic mass is 16.2. The Bertz CT molecular complexity index is 782. The lowest BCUT2D eigenvalue weighted by molar-refractivity contribution is -0.123. The molecule has 2 atom stereocenters. The fraction of sp³-hybridized carbons (Fsp3) is 0.429. The highest BCUT2D eigenvalue weighted by Crippen LogP contribution is 2.59. The Morgan fingerprint density at radius 1 is 1.25 bits per heavy atom. The highest BCUT2D eigenvalue weighted by molar-refractivity contribution is 5.84. The van der Waals surface area contributed by atoms with Crippen molar-refractivity contribution in [3.05, 3.63) is 53.7 Å². The summed E-state index contributed by atoms with van der Waals surface area (Å²) in [4.78, 5) is 17.0. The third kappa shape index (κ3) is 3.21. The molecule has 0 radical (unpaired) electrons. The van der Waals surface area contributed by atoms with Crippen LogP contribution in [0.4, 0.5) is 0 Å². The molecule has 1 N–H and O–H groups in total. The Balaban J connectivity index is 1.61. The highest BCUT2D eigenvalue weighted by Gasteiger charge is 2.60. The number of hydrogen-bond acceptors (Lipinski definition) is 2. The van der Waals surface area contributed by atoms with Gasteiger partial charge < -0.3 is 5.32 Å². The summed E-state index contributed by atoms with van der Waals surface area (Å²) in [6.07, 6.45) is 4.86. The second-order valence-corrected chi connectivity index (χ2v) is 7.60. The third-order valence-corrected chi connectivity index (χ3v) is 5.12. The molecule has 3 nitrogen and oxygen atoms in total. The standard InChI is InChI=1S/C21H26N2O/c1-14(2)13-17-18(21(17,3)4)20(24)23-12-10-16-8-5-7-15-9-6-11-22-19(15)16/h5-9,11,13,17-18H,10,12H2,1-4H3,(H,23,24)/t17-,18+/m0/s1. The van der Waals surface area contributed by atoms with Gasteiger partial charge in [0.2, 0.25) is 5.91 Å². The number of nitrogens with zero attached hydrogens (tertiary/aromatic N) is 1. The number of carbonyl (C=O) groups excluding carboxylic acids is 1. The quantitative estimate of drug-likeness (QED) is 0.841. The maximum absolute atomic E-state index is 12.5. The number of fused-ring (bicyclic) bond motifs is 1. The van der Waals surface area contributed by atoms with Crippen molar-refractivity contribution >= 4 is 16.8 Å². The topological polar surface area (TPSA) is 42.0 Å². The van der Waals surface area contributed by atoms with Gasteiger partial charge in [0.05, 0.1) is 11.4 Å². The lowest BCUT2D eigenvalue weighted by Gasteiger charge is -2.08. The number of aromatic nitrogens is 1. The second-order valence-electron chi connectivity index (χ2n) is 7.60. The molecule has 0 saturated heterocycles. The summed E-state index contributed by atoms with van der Waals surface area (Å²) < 4.78 is 0. The van der Waals surface area contributed by atoms with Crippen LogP contribution in [0.15, 0.2) is 48.2 Å². The van der Waals surface area contributed by atoms with Gasteiger partial charge in [0.25, 0.3) is 0 Å². The van der Waals surface area contributed by atoms with Crippen molar-refractivity contribution in [1.29, 1.82) is 0 Å². The number of hydrogen-bond donors (Lipinski definition) is 1. The largest absolute Gasteiger partial charge is 0.355 e. The van der Waals surface area contributed by atoms with Gasteiger partial charge in [-0.25, -0.2) is 0 Å². The molecule has 126 valence electrons. The van der Waals surface area contributed by atoms with Gasteiger partial charge in [-0.15, -0.1) is 0 Å². The summed E-state index contributed by atoms with van der Waals surface area (Å²) in [5.74, 6) is 0.635. The van der Waals surface area contributed by atoms with Crippen molar-refractivity contribution in [2.45, 2.75) is 34.1 Å². The smallest absolute Gasteiger partial charge is 0.224 e. The number of pyridine rings is 1. The Labute approximate surface area is 144 Å². The van der Waals surface area contributed by atoms with Crippen LogP contribution >= 0.6 is 0 Å². The maximum Gasteiger partial charge on any atom is 0.224 e. The minimum atomic E-state index is 0.0718. The zero-order chi connectivity index (χ0) is 17.3. The molecule has 0 unspecified atom stereocenters. The fourth-order valence-corrected chi connectivity index (χ4v) is 3.65. The summed E-state index contributed by atoms with van der Waals surface area (Å²) in [7, 11) is 0. The molecular weight excluding hydrogens is 296 g/mol. The molecule has 0 bridgehead atoms. The maximum atomic E-state index is 12.5. The molecule has 0 aliphatic heterocycles. The molecule has 1 amide bonds. The number of para-hydroxylation sites is 1. The lowest BCUT2D eigenvalue weighted by Crippen LogP contribution is -2.28. The number of carbonyl (C=O) groups is 1. The molecule has 24 heavy (non-hydrogen) atoms. The zero-order valence-electron chi connectivity index (χ0n) is 15.0. The first-order valence-electron chi connectivity index (χ1n) is 8.66. The van der Waals surface area contributed by atoms with Crippen molar-refractivity contribution < 1.29 is 4.79 Å². The van der Waals surface area contributed by atoms with E-state index in [4.69, 9.17) is 0 Å². The minimum absolute atomic E-state index is 0.0718. The predicted molar refractivity (Wildman–Crippen MR) is 98.6 cm³/mol. The lowest BCUT2D eigenvalue weighted by atomic mass is 10.1. The summed E-state index contributed by atoms with van der Waals surface area (Å²) in [6.45, 7) is 9.20. The fourth-order valence-electron chi connectivity index (χ4n) is 3.65. The van der Waals surface area contributed by atoms with E-state index in [-0.39, 0.29) is 17.2 Å². The van der Waals surface area contributed by atoms with Gasteiger partial charge in [0.15, 0.2) is 0 Å². The van der Waals surface area contributed by atoms with Gasteiger partial charge in [-0.3, -0.25) is 9.78 Å². The SMILES string of the molecule is CC(C)=C[C@H]1[C@H](C(=O)NCCc2cccc3cccnc23)C1(C)C. The van der Waals surface area contributed by atoms with E-state index in [0.29, 0.717) is 12.5 Å². The Morgan fingerprint density at radius 2 is 2.00 bits per heavy atom. The summed E-state index contributed by atoms with van der Waals surface area (Å²) >= 11 is 0. The molecule has 3 heteroatoms. The normalized spacial score (nSPS) is 21.3. The van der Waals surface area contributed by atoms with Crippen LogP contribution in [0.2, 0.25) is 0 Å². The number of rotatable bonds is 5. The van der Waals surface area contributed by atoms with Crippen LogP contribution in [-0.4, -0.2) is 17.4 Å². The van der Waals surface area contributed by atoms with Crippen LogP contribution < -0.4 is 5.32 Å². The van der Waals surface area contributed by atoms with E-state index in [9.17, 15) is 4.79 Å². The molecule has 1 saturated carbocycles. The average molecular weight is 322 g/mol. The summed E-state index contributed by atoms with van der Waals surface area (Å²) in [6, 6.07) is 10.2. The molecular formula is C21H26N2O. The average Bonchev–Trinajstić information content (AvgIpc) is 3.07. The molecule has 0 spiro atoms. The first-order valence-corrected chi connectivity index (χ1v) is 8.66. The summed E-state index contributed by atoms with van der Waals surface area (Å²) in [5, 5.41) is 4.27. The first-order chi connectivity index (χ1) is 11.4. The van der Waals surface area contributed by atoms with Crippen LogP contribution in [0.25, 0.3) is 10.9 Å². The van der Waals surface area contributed by atoms with E-state index in [1.54, 1.807) is 0 Å². The van der Waals surface area contributed by atoms with Gasteiger partial charge >= 0.3 is 0 Å². The molecule has 2 aromatic rings. The molecule has 3 rings (SSSR count). The molecule has 1 aromatic carbocycles. The van der Waals surface area contributed by atoms with Gasteiger partial charge in [-0.05, 0) is 43.2 Å². The Kier molecular flexibility index (Phi) is 4.44. The zero-order valence-corrected chi connectivity index (χ0v) is 15.0. The van der Waals surface area contributed by atoms with Gasteiger partial charge in [-0.1, -0.05) is 49.8 Å². The third-order valence-electron chi connectivity index (χ3n) is 5.12. The predicted octanol–water partition coefficient (Wildman–Crippen LogP) is 4.13. The van der Waals surface area contributed by atoms with E-state index in [1.165, 1.54) is 11.1 Å². The van der Waals surface area contributed by atoms with E-state index >= 15 is 0 Å². The van der Waals surface area contributed by atoms with Crippen molar-refractivity contribution in [3.63, 3.8) is 0 Å². The molecule has 1 heterocycles. The van der Waals surface area contributed by atoms with E-state index in [2.05, 4.69) is 68.3 Å². The van der Waals surface area contributed by atoms with E-state index in [0.717, 1.165) is 17.3 Å². The monoisotopic (exact) mass is 322 g/mol. The van der Waals surface area contributed by atoms with Gasteiger partial charge in [0.1, 0.15) is 0 Å². The van der Waals surface area contributed by atoms with Gasteiger partial charge in [-0.2, -0.15) is 0 Å². The van der Waals surface area contributed by atoms with Crippen molar-refractivity contribution in [2.75, 3.05) is 6.54 Å². The minimum Gasteiger partial charge on any atom is -0.355 e. The van der Waals surface area contributed by atoms with E-state index in [1.807, 2.05) is 12.3 Å². The van der Waals surface area contributed by atoms with Crippen LogP contribution in [0.5, 0.6) is 0 Å². The Hall–Kier alpha value is -2.16. The van der Waals surface area contributed by atoms with E-state index < -0.39 is 0 Å². The number of benzene rings is 1. The van der Waals surface area contributed by atoms with Gasteiger partial charge in [0, 0.05) is 18.1 Å². The number of allylic oxidation sites excluding steroid dienone is 2. The molecule has 1 aliphatic rings. The Morgan fingerprint density at radius 3 is 2.75 bits per heavy atom. The van der Waals surface area contributed by atoms with Crippen LogP contribution in [0, 0.1) is 17.3 Å². The molecule has 1 aliphatic carbocycles. The second kappa shape index (κ2) is 6.39. The van der Waals surface area contributed by atoms with Crippen LogP contribution in [0.1, 0.15) is 33.3 Å². The van der Waals surface area contributed by atoms with Crippen molar-refractivity contribution in [2.24, 2.45) is 17.3 Å². The first kappa shape index (κ1) is 16.7. The van der Waals surface area contributed by atoms with Crippen molar-refractivity contribution in [3.8, 4) is 0 Å². The number of amides is 1.